The molecule has 5 heteroatoms. The topological polar surface area (TPSA) is 16.3 Å². The SMILES string of the molecule is CC(C)(C)c1ccc(-c2ccc3c(c2)N(c2ccc(-c4ccc5c(c4)C(C)(C)CCC5(C)C)cc2)c2cc(-n4c5ccccc5c5ccccc54)cc4c2B3c2ccc(-n3c5ccc(-c6ccccc6)cc5c5cc(-c6ccccc6)ccc53)cc2N4c2ccc(-c3ccc4c(c3)C(C)(C)CCC4(C)C)cc2)cc1. The Kier molecular flexibility index (Phi) is 15.0. The Bertz CT molecular complexity index is 6230. The van der Waals surface area contributed by atoms with E-state index in [2.05, 4.69) is 398 Å². The fraction of sp³-hybridized carbons (Fsp3) is 0.192. The summed E-state index contributed by atoms with van der Waals surface area (Å²) in [5.74, 6) is 0. The maximum absolute atomic E-state index is 2.64. The van der Waals surface area contributed by atoms with E-state index in [4.69, 9.17) is 0 Å². The average Bonchev–Trinajstić information content (AvgIpc) is 1.25. The molecule has 20 rings (SSSR count). The van der Waals surface area contributed by atoms with Crippen molar-refractivity contribution in [1.29, 1.82) is 0 Å². The number of para-hydroxylation sites is 2. The largest absolute Gasteiger partial charge is 0.311 e. The molecule has 2 aliphatic heterocycles. The Morgan fingerprint density at radius 3 is 1.06 bits per heavy atom. The molecular formula is C104H91BN4. The second kappa shape index (κ2) is 24.4. The van der Waals surface area contributed by atoms with Crippen molar-refractivity contribution in [1.82, 2.24) is 9.13 Å². The molecule has 0 atom stereocenters. The molecule has 4 heterocycles. The Hall–Kier alpha value is -11.7. The van der Waals surface area contributed by atoms with Crippen molar-refractivity contribution < 1.29 is 0 Å². The van der Waals surface area contributed by atoms with Crippen LogP contribution in [-0.4, -0.2) is 15.8 Å². The van der Waals surface area contributed by atoms with Crippen LogP contribution in [0.2, 0.25) is 0 Å². The maximum Gasteiger partial charge on any atom is 0.252 e. The molecule has 16 aromatic rings. The van der Waals surface area contributed by atoms with Crippen molar-refractivity contribution in [3.63, 3.8) is 0 Å². The second-order valence-electron chi connectivity index (χ2n) is 35.4. The van der Waals surface area contributed by atoms with Crippen LogP contribution in [0, 0.1) is 0 Å². The lowest BCUT2D eigenvalue weighted by molar-refractivity contribution is 0.332. The van der Waals surface area contributed by atoms with Gasteiger partial charge in [0.2, 0.25) is 0 Å². The first-order valence-corrected chi connectivity index (χ1v) is 39.5. The van der Waals surface area contributed by atoms with E-state index in [1.807, 2.05) is 0 Å². The Labute approximate surface area is 642 Å². The molecule has 2 aromatic heterocycles. The van der Waals surface area contributed by atoms with Crippen LogP contribution in [0.25, 0.3) is 111 Å². The van der Waals surface area contributed by atoms with Gasteiger partial charge in [0.15, 0.2) is 0 Å². The number of anilines is 6. The molecule has 0 N–H and O–H groups in total. The molecule has 109 heavy (non-hydrogen) atoms. The summed E-state index contributed by atoms with van der Waals surface area (Å²) in [5, 5.41) is 4.89. The first kappa shape index (κ1) is 66.8. The number of fused-ring (bicyclic) bond motifs is 12. The summed E-state index contributed by atoms with van der Waals surface area (Å²) in [7, 11) is 0. The van der Waals surface area contributed by atoms with Crippen LogP contribution in [0.4, 0.5) is 34.1 Å². The second-order valence-corrected chi connectivity index (χ2v) is 35.4. The van der Waals surface area contributed by atoms with E-state index in [0.29, 0.717) is 0 Å². The molecule has 14 aromatic carbocycles. The van der Waals surface area contributed by atoms with E-state index >= 15 is 0 Å². The molecule has 0 saturated heterocycles. The molecule has 0 amide bonds. The van der Waals surface area contributed by atoms with Gasteiger partial charge in [-0.3, -0.25) is 0 Å². The van der Waals surface area contributed by atoms with E-state index in [1.54, 1.807) is 0 Å². The molecule has 0 radical (unpaired) electrons. The first-order valence-electron chi connectivity index (χ1n) is 39.5. The lowest BCUT2D eigenvalue weighted by atomic mass is 9.33. The summed E-state index contributed by atoms with van der Waals surface area (Å²) in [6, 6.07) is 117. The number of aromatic nitrogens is 2. The molecule has 530 valence electrons. The highest BCUT2D eigenvalue weighted by atomic mass is 15.2. The third-order valence-electron chi connectivity index (χ3n) is 25.8. The quantitative estimate of drug-likeness (QED) is 0.134. The summed E-state index contributed by atoms with van der Waals surface area (Å²) >= 11 is 0. The van der Waals surface area contributed by atoms with Gasteiger partial charge in [-0.15, -0.1) is 0 Å². The summed E-state index contributed by atoms with van der Waals surface area (Å²) < 4.78 is 5.07. The zero-order valence-electron chi connectivity index (χ0n) is 64.6. The summed E-state index contributed by atoms with van der Waals surface area (Å²) in [5.41, 5.74) is 37.2. The van der Waals surface area contributed by atoms with E-state index in [9.17, 15) is 0 Å². The van der Waals surface area contributed by atoms with Gasteiger partial charge in [0, 0.05) is 61.4 Å². The number of hydrogen-bond donors (Lipinski definition) is 0. The van der Waals surface area contributed by atoms with Gasteiger partial charge in [0.25, 0.3) is 6.71 Å². The number of rotatable bonds is 9. The highest BCUT2D eigenvalue weighted by molar-refractivity contribution is 7.00. The van der Waals surface area contributed by atoms with Crippen molar-refractivity contribution >= 4 is 101 Å². The van der Waals surface area contributed by atoms with Crippen molar-refractivity contribution in [3.8, 4) is 67.0 Å². The minimum absolute atomic E-state index is 0.0127. The third kappa shape index (κ3) is 10.8. The normalized spacial score (nSPS) is 15.8. The summed E-state index contributed by atoms with van der Waals surface area (Å²) in [6.07, 6.45) is 4.69. The number of benzene rings is 14. The minimum atomic E-state index is -0.175. The van der Waals surface area contributed by atoms with Crippen molar-refractivity contribution in [2.45, 2.75) is 129 Å². The summed E-state index contributed by atoms with van der Waals surface area (Å²) in [6.45, 7) is 26.2. The highest BCUT2D eigenvalue weighted by Gasteiger charge is 2.45. The molecule has 0 saturated carbocycles. The Morgan fingerprint density at radius 2 is 0.587 bits per heavy atom. The van der Waals surface area contributed by atoms with Gasteiger partial charge >= 0.3 is 0 Å². The minimum Gasteiger partial charge on any atom is -0.311 e. The first-order chi connectivity index (χ1) is 52.6. The fourth-order valence-corrected chi connectivity index (χ4v) is 19.4. The molecular weight excluding hydrogens is 1320 g/mol. The van der Waals surface area contributed by atoms with Crippen molar-refractivity contribution in [2.24, 2.45) is 0 Å². The predicted octanol–water partition coefficient (Wildman–Crippen LogP) is 26.3. The van der Waals surface area contributed by atoms with E-state index in [0.717, 1.165) is 57.3 Å². The molecule has 2 aliphatic carbocycles. The lowest BCUT2D eigenvalue weighted by Gasteiger charge is -2.44. The van der Waals surface area contributed by atoms with Crippen LogP contribution in [0.15, 0.2) is 303 Å². The standard InChI is InChI=1S/C104H91BN4/c1-100(2,3)76-41-30-68(31-42-76)75-38-50-89-95(62-75)106(77-43-32-69(33-44-77)73-36-48-85-87(60-73)103(8,9)56-54-101(85,4)5)97-64-80(109-91-28-20-18-26-81(91)82-27-19-21-29-92(82)109)65-98-99(97)105(89)90-51-47-79(63-96(90)107(98)78-45-34-70(35-46-78)74-37-49-86-88(61-74)104(10,11)57-55-102(86,6)7)108-93-52-39-71(66-22-14-12-15-23-66)58-83(93)84-59-72(40-53-94(84)108)67-24-16-13-17-25-67/h12-53,58-65H,54-57H2,1-11H3. The van der Waals surface area contributed by atoms with Gasteiger partial charge in [0.05, 0.1) is 27.8 Å². The highest BCUT2D eigenvalue weighted by Crippen LogP contribution is 2.52. The van der Waals surface area contributed by atoms with Crippen LogP contribution in [0.5, 0.6) is 0 Å². The third-order valence-corrected chi connectivity index (χ3v) is 25.8. The van der Waals surface area contributed by atoms with Gasteiger partial charge in [-0.05, 0) is 244 Å². The molecule has 0 bridgehead atoms. The van der Waals surface area contributed by atoms with Gasteiger partial charge in [0.1, 0.15) is 0 Å². The fourth-order valence-electron chi connectivity index (χ4n) is 19.4. The van der Waals surface area contributed by atoms with Gasteiger partial charge in [-0.1, -0.05) is 288 Å². The molecule has 4 nitrogen and oxygen atoms in total. The van der Waals surface area contributed by atoms with Crippen molar-refractivity contribution in [2.75, 3.05) is 9.80 Å². The molecule has 0 unspecified atom stereocenters. The predicted molar refractivity (Wildman–Crippen MR) is 466 cm³/mol. The Morgan fingerprint density at radius 1 is 0.257 bits per heavy atom. The Balaban J connectivity index is 0.857. The van der Waals surface area contributed by atoms with Crippen LogP contribution in [0.1, 0.15) is 130 Å². The van der Waals surface area contributed by atoms with Crippen molar-refractivity contribution in [3.05, 3.63) is 331 Å². The molecule has 0 spiro atoms. The molecule has 4 aliphatic rings. The zero-order chi connectivity index (χ0) is 74.2. The van der Waals surface area contributed by atoms with E-state index < -0.39 is 0 Å². The van der Waals surface area contributed by atoms with Crippen LogP contribution < -0.4 is 26.2 Å². The van der Waals surface area contributed by atoms with E-state index in [1.165, 1.54) is 157 Å². The zero-order valence-corrected chi connectivity index (χ0v) is 64.6. The van der Waals surface area contributed by atoms with Gasteiger partial charge in [-0.2, -0.15) is 0 Å². The van der Waals surface area contributed by atoms with E-state index in [-0.39, 0.29) is 33.8 Å². The lowest BCUT2D eigenvalue weighted by Crippen LogP contribution is -2.61. The average molecular weight is 1410 g/mol. The van der Waals surface area contributed by atoms with Crippen LogP contribution in [0.3, 0.4) is 0 Å². The monoisotopic (exact) mass is 1410 g/mol. The maximum atomic E-state index is 2.64. The number of hydrogen-bond acceptors (Lipinski definition) is 2. The van der Waals surface area contributed by atoms with Crippen LogP contribution in [-0.2, 0) is 27.1 Å². The summed E-state index contributed by atoms with van der Waals surface area (Å²) in [4.78, 5) is 5.27. The smallest absolute Gasteiger partial charge is 0.252 e. The van der Waals surface area contributed by atoms with Gasteiger partial charge < -0.3 is 18.9 Å². The van der Waals surface area contributed by atoms with Crippen LogP contribution >= 0.6 is 0 Å². The number of nitrogens with zero attached hydrogens (tertiary/aromatic N) is 4. The van der Waals surface area contributed by atoms with Gasteiger partial charge in [-0.25, -0.2) is 0 Å². The molecule has 0 fully saturated rings.